The minimum atomic E-state index is -0.109. The number of hydrogen-bond acceptors (Lipinski definition) is 2. The van der Waals surface area contributed by atoms with Crippen molar-refractivity contribution in [1.82, 2.24) is 9.13 Å². The van der Waals surface area contributed by atoms with E-state index in [2.05, 4.69) is 535 Å². The van der Waals surface area contributed by atoms with Gasteiger partial charge in [-0.15, -0.1) is 0 Å². The van der Waals surface area contributed by atoms with Crippen LogP contribution in [0, 0.1) is 0 Å². The topological polar surface area (TPSA) is 16.3 Å². The lowest BCUT2D eigenvalue weighted by molar-refractivity contribution is 0.543. The van der Waals surface area contributed by atoms with Crippen LogP contribution in [0.1, 0.15) is 172 Å². The zero-order chi connectivity index (χ0) is 98.4. The van der Waals surface area contributed by atoms with Crippen molar-refractivity contribution in [3.63, 3.8) is 0 Å². The fourth-order valence-corrected chi connectivity index (χ4v) is 24.7. The number of fused-ring (bicyclic) bond motifs is 14. The van der Waals surface area contributed by atoms with Crippen molar-refractivity contribution in [3.8, 4) is 100 Å². The van der Waals surface area contributed by atoms with E-state index in [-0.39, 0.29) is 10.8 Å². The molecule has 26 rings (SSSR count). The lowest BCUT2D eigenvalue weighted by Gasteiger charge is -2.28. The van der Waals surface area contributed by atoms with Crippen LogP contribution >= 0.6 is 0 Å². The first-order valence-electron chi connectivity index (χ1n) is 52.9. The number of aryl methyl sites for hydroxylation is 4. The summed E-state index contributed by atoms with van der Waals surface area (Å²) in [4.78, 5) is 4.83. The molecule has 22 aromatic rings. The van der Waals surface area contributed by atoms with Crippen LogP contribution < -0.4 is 9.80 Å². The quantitative estimate of drug-likeness (QED) is 0.0599. The van der Waals surface area contributed by atoms with Crippen molar-refractivity contribution in [2.75, 3.05) is 9.80 Å². The van der Waals surface area contributed by atoms with Gasteiger partial charge in [-0.25, -0.2) is 0 Å². The average molecular weight is 1880 g/mol. The summed E-state index contributed by atoms with van der Waals surface area (Å²) in [5.41, 5.74) is 51.1. The standard InChI is InChI=1S/2C71H60N2/c2*1-5-48(55-26-24-52-25-27-56(52)43-55)42-47(2)49-20-22-53(23-21-49)57-32-40-69-65(44-57)66-45-58(33-41-70(66)73(69)59-16-10-7-11-17-59)54-30-36-61(37-31-54)72(60-34-28-51(29-35-60)50-14-8-6-9-15-50)62-38-39-64-63-18-12-13-19-67(63)71(3,4)68(64)46-62/h2*6-24,26,28-41,43-48H,5,25,27,42H2,1-4H3. The molecule has 20 aromatic carbocycles. The van der Waals surface area contributed by atoms with Gasteiger partial charge in [-0.1, -0.05) is 371 Å². The molecule has 2 aromatic heterocycles. The summed E-state index contributed by atoms with van der Waals surface area (Å²) < 4.78 is 4.85. The van der Waals surface area contributed by atoms with Gasteiger partial charge >= 0.3 is 0 Å². The third-order valence-corrected chi connectivity index (χ3v) is 33.2. The Labute approximate surface area is 859 Å². The Morgan fingerprint density at radius 2 is 0.473 bits per heavy atom. The molecule has 0 bridgehead atoms. The van der Waals surface area contributed by atoms with Crippen molar-refractivity contribution in [2.45, 2.75) is 141 Å². The molecular formula is C142H120N4. The minimum absolute atomic E-state index is 0.109. The highest BCUT2D eigenvalue weighted by Gasteiger charge is 2.38. The predicted molar refractivity (Wildman–Crippen MR) is 619 cm³/mol. The second-order valence-corrected chi connectivity index (χ2v) is 42.4. The monoisotopic (exact) mass is 1880 g/mol. The Morgan fingerprint density at radius 1 is 0.219 bits per heavy atom. The molecule has 0 fully saturated rings. The van der Waals surface area contributed by atoms with Crippen LogP contribution in [0.15, 0.2) is 461 Å². The molecule has 4 atom stereocenters. The highest BCUT2D eigenvalue weighted by Crippen LogP contribution is 2.55. The molecule has 4 nitrogen and oxygen atoms in total. The highest BCUT2D eigenvalue weighted by atomic mass is 15.1. The van der Waals surface area contributed by atoms with Gasteiger partial charge in [0.05, 0.1) is 22.1 Å². The second kappa shape index (κ2) is 37.7. The zero-order valence-corrected chi connectivity index (χ0v) is 84.6. The first kappa shape index (κ1) is 90.8. The summed E-state index contributed by atoms with van der Waals surface area (Å²) in [6, 6.07) is 173. The van der Waals surface area contributed by atoms with E-state index in [9.17, 15) is 0 Å². The maximum absolute atomic E-state index is 2.49. The maximum atomic E-state index is 2.49. The summed E-state index contributed by atoms with van der Waals surface area (Å²) in [6.07, 6.45) is 9.62. The Bertz CT molecular complexity index is 8150. The molecule has 0 saturated heterocycles. The number of rotatable bonds is 24. The molecule has 0 radical (unpaired) electrons. The third kappa shape index (κ3) is 16.5. The Kier molecular flexibility index (Phi) is 23.5. The summed E-state index contributed by atoms with van der Waals surface area (Å²) in [5, 5.41) is 5.00. The van der Waals surface area contributed by atoms with Crippen LogP contribution in [0.4, 0.5) is 34.1 Å². The van der Waals surface area contributed by atoms with E-state index in [1.54, 1.807) is 22.3 Å². The second-order valence-electron chi connectivity index (χ2n) is 42.4. The number of aromatic nitrogens is 2. The van der Waals surface area contributed by atoms with Crippen molar-refractivity contribution < 1.29 is 0 Å². The Balaban J connectivity index is 0.000000152. The first-order valence-corrected chi connectivity index (χ1v) is 52.9. The zero-order valence-electron chi connectivity index (χ0n) is 84.6. The molecule has 0 amide bonds. The molecule has 0 saturated carbocycles. The van der Waals surface area contributed by atoms with Gasteiger partial charge in [-0.3, -0.25) is 0 Å². The average Bonchev–Trinajstić information content (AvgIpc) is 1.58. The molecule has 4 aliphatic carbocycles. The molecule has 0 spiro atoms. The lowest BCUT2D eigenvalue weighted by Crippen LogP contribution is -2.16. The Hall–Kier alpha value is -16.4. The predicted octanol–water partition coefficient (Wildman–Crippen LogP) is 38.7. The van der Waals surface area contributed by atoms with Crippen LogP contribution in [0.3, 0.4) is 0 Å². The van der Waals surface area contributed by atoms with Gasteiger partial charge < -0.3 is 18.9 Å². The van der Waals surface area contributed by atoms with Crippen LogP contribution in [-0.4, -0.2) is 9.13 Å². The van der Waals surface area contributed by atoms with Crippen LogP contribution in [0.25, 0.3) is 144 Å². The minimum Gasteiger partial charge on any atom is -0.310 e. The van der Waals surface area contributed by atoms with E-state index in [0.717, 1.165) is 58.3 Å². The van der Waals surface area contributed by atoms with Crippen LogP contribution in [-0.2, 0) is 36.5 Å². The van der Waals surface area contributed by atoms with Gasteiger partial charge in [0.25, 0.3) is 0 Å². The molecule has 0 N–H and O–H groups in total. The molecule has 708 valence electrons. The number of nitrogens with zero attached hydrogens (tertiary/aromatic N) is 4. The van der Waals surface area contributed by atoms with Crippen LogP contribution in [0.2, 0.25) is 0 Å². The first-order chi connectivity index (χ1) is 71.6. The molecule has 4 unspecified atom stereocenters. The summed E-state index contributed by atoms with van der Waals surface area (Å²) in [6.45, 7) is 19.0. The van der Waals surface area contributed by atoms with E-state index in [0.29, 0.717) is 23.7 Å². The fraction of sp³-hybridized carbons (Fsp3) is 0.155. The van der Waals surface area contributed by atoms with E-state index < -0.39 is 0 Å². The number of anilines is 6. The Morgan fingerprint density at radius 3 is 0.774 bits per heavy atom. The van der Waals surface area contributed by atoms with Gasteiger partial charge in [-0.2, -0.15) is 0 Å². The number of benzene rings is 20. The van der Waals surface area contributed by atoms with Crippen molar-refractivity contribution >= 4 is 77.7 Å². The summed E-state index contributed by atoms with van der Waals surface area (Å²) in [7, 11) is 0. The molecule has 4 heteroatoms. The van der Waals surface area contributed by atoms with E-state index >= 15 is 0 Å². The van der Waals surface area contributed by atoms with Gasteiger partial charge in [0.2, 0.25) is 0 Å². The molecule has 4 aliphatic rings. The van der Waals surface area contributed by atoms with Gasteiger partial charge in [-0.05, 0) is 376 Å². The third-order valence-electron chi connectivity index (χ3n) is 33.2. The van der Waals surface area contributed by atoms with E-state index in [1.807, 2.05) is 0 Å². The number of hydrogen-bond donors (Lipinski definition) is 0. The lowest BCUT2D eigenvalue weighted by atomic mass is 9.80. The summed E-state index contributed by atoms with van der Waals surface area (Å²) >= 11 is 0. The molecule has 0 aliphatic heterocycles. The van der Waals surface area contributed by atoms with Crippen molar-refractivity contribution in [2.24, 2.45) is 0 Å². The highest BCUT2D eigenvalue weighted by molar-refractivity contribution is 6.13. The van der Waals surface area contributed by atoms with Gasteiger partial charge in [0.15, 0.2) is 0 Å². The number of para-hydroxylation sites is 2. The normalized spacial score (nSPS) is 14.0. The van der Waals surface area contributed by atoms with E-state index in [1.165, 1.54) is 216 Å². The SMILES string of the molecule is CCC(CC(C)c1ccc(-c2ccc3c(c2)c2cc(-c4ccc(N(c5ccc(-c6ccccc6)cc5)c5ccc6c(c5)C(C)(C)c5ccccc5-6)cc4)ccc2n3-c2ccccc2)cc1)c1ccc2c(c1)CC2.CCC(CC(C)c1ccc(-c2ccc3c(c2)c2cc(-c4ccc(N(c5ccc(-c6ccccc6)cc5)c5ccc6c(c5)C(C)(C)c5ccccc5-6)cc4)ccc2n3-c2ccccc2)cc1)c1ccc2c(c1)CC2. The summed E-state index contributed by atoms with van der Waals surface area (Å²) in [5.74, 6) is 2.10. The van der Waals surface area contributed by atoms with Crippen molar-refractivity contribution in [3.05, 3.63) is 528 Å². The molecular weight excluding hydrogens is 1760 g/mol. The smallest absolute Gasteiger partial charge is 0.0541 e. The molecule has 2 heterocycles. The fourth-order valence-electron chi connectivity index (χ4n) is 24.7. The largest absolute Gasteiger partial charge is 0.310 e. The molecule has 146 heavy (non-hydrogen) atoms. The van der Waals surface area contributed by atoms with Gasteiger partial charge in [0.1, 0.15) is 0 Å². The maximum Gasteiger partial charge on any atom is 0.0541 e. The van der Waals surface area contributed by atoms with E-state index in [4.69, 9.17) is 0 Å². The van der Waals surface area contributed by atoms with Gasteiger partial charge in [0, 0.05) is 77.9 Å². The van der Waals surface area contributed by atoms with Crippen LogP contribution in [0.5, 0.6) is 0 Å². The van der Waals surface area contributed by atoms with Crippen molar-refractivity contribution in [1.29, 1.82) is 0 Å².